The fourth-order valence-corrected chi connectivity index (χ4v) is 7.39. The van der Waals surface area contributed by atoms with Crippen LogP contribution in [0.5, 0.6) is 0 Å². The van der Waals surface area contributed by atoms with Gasteiger partial charge in [0.25, 0.3) is 0 Å². The van der Waals surface area contributed by atoms with Gasteiger partial charge in [-0.05, 0) is 61.9 Å². The summed E-state index contributed by atoms with van der Waals surface area (Å²) in [6, 6.07) is 52.3. The molecule has 1 aromatic heterocycles. The van der Waals surface area contributed by atoms with E-state index in [4.69, 9.17) is 4.42 Å². The monoisotopic (exact) mass is 574 g/mol. The van der Waals surface area contributed by atoms with Crippen LogP contribution in [-0.2, 0) is 0 Å². The van der Waals surface area contributed by atoms with Crippen LogP contribution < -0.4 is 0 Å². The average molecular weight is 575 g/mol. The summed E-state index contributed by atoms with van der Waals surface area (Å²) in [5.74, 6) is 0.405. The van der Waals surface area contributed by atoms with Crippen LogP contribution in [0.3, 0.4) is 0 Å². The van der Waals surface area contributed by atoms with Crippen molar-refractivity contribution in [2.45, 2.75) is 12.3 Å². The van der Waals surface area contributed by atoms with Crippen LogP contribution in [0.25, 0.3) is 71.3 Å². The van der Waals surface area contributed by atoms with E-state index in [0.717, 1.165) is 28.5 Å². The van der Waals surface area contributed by atoms with Crippen LogP contribution in [0.1, 0.15) is 23.5 Å². The van der Waals surface area contributed by atoms with Crippen molar-refractivity contribution in [1.82, 2.24) is 0 Å². The molecule has 1 atom stereocenters. The van der Waals surface area contributed by atoms with Gasteiger partial charge in [0.15, 0.2) is 0 Å². The van der Waals surface area contributed by atoms with Crippen LogP contribution in [0.15, 0.2) is 168 Å². The van der Waals surface area contributed by atoms with Crippen molar-refractivity contribution in [3.8, 4) is 22.3 Å². The van der Waals surface area contributed by atoms with E-state index >= 15 is 0 Å². The Hall–Kier alpha value is -5.66. The van der Waals surface area contributed by atoms with Crippen LogP contribution in [0.2, 0.25) is 0 Å². The molecular formula is C44H30O. The topological polar surface area (TPSA) is 13.1 Å². The fourth-order valence-electron chi connectivity index (χ4n) is 7.39. The van der Waals surface area contributed by atoms with Gasteiger partial charge in [0.2, 0.25) is 0 Å². The van der Waals surface area contributed by atoms with Crippen LogP contribution in [0, 0.1) is 0 Å². The summed E-state index contributed by atoms with van der Waals surface area (Å²) in [6.45, 7) is 0. The molecule has 0 amide bonds. The summed E-state index contributed by atoms with van der Waals surface area (Å²) >= 11 is 0. The normalized spacial score (nSPS) is 14.8. The van der Waals surface area contributed by atoms with Gasteiger partial charge in [-0.3, -0.25) is 0 Å². The maximum absolute atomic E-state index is 6.82. The zero-order chi connectivity index (χ0) is 29.7. The number of fused-ring (bicyclic) bond motifs is 5. The SMILES string of the molecule is C1=CC(c2ccccc2)CC=C1c1cccc2oc3c(-c4c5ccccc5c(-c5ccccc5)c5ccccc45)cccc3c12. The zero-order valence-corrected chi connectivity index (χ0v) is 24.8. The van der Waals surface area contributed by atoms with Crippen molar-refractivity contribution in [3.05, 3.63) is 175 Å². The van der Waals surface area contributed by atoms with E-state index in [1.807, 2.05) is 0 Å². The van der Waals surface area contributed by atoms with E-state index in [9.17, 15) is 0 Å². The van der Waals surface area contributed by atoms with Gasteiger partial charge < -0.3 is 4.42 Å². The first-order chi connectivity index (χ1) is 22.3. The minimum absolute atomic E-state index is 0.405. The molecule has 8 aromatic rings. The summed E-state index contributed by atoms with van der Waals surface area (Å²) in [6.07, 6.45) is 8.02. The third-order valence-corrected chi connectivity index (χ3v) is 9.42. The Bertz CT molecular complexity index is 2380. The lowest BCUT2D eigenvalue weighted by Gasteiger charge is -2.18. The second kappa shape index (κ2) is 10.5. The summed E-state index contributed by atoms with van der Waals surface area (Å²) in [5, 5.41) is 7.28. The molecule has 0 radical (unpaired) electrons. The Morgan fingerprint density at radius 3 is 1.73 bits per heavy atom. The lowest BCUT2D eigenvalue weighted by atomic mass is 9.85. The third kappa shape index (κ3) is 4.16. The van der Waals surface area contributed by atoms with Gasteiger partial charge in [0.1, 0.15) is 11.2 Å². The number of hydrogen-bond acceptors (Lipinski definition) is 1. The number of rotatable bonds is 4. The standard InChI is InChI=1S/C44H30O/c1-3-13-29(14-4-1)30-25-27-31(28-26-30)33-21-12-24-40-43(33)39-23-11-22-38(44(39)45-40)42-36-19-9-7-17-34(36)41(32-15-5-2-6-16-32)35-18-8-10-20-37(35)42/h1-25,27-28,30H,26H2. The second-order valence-electron chi connectivity index (χ2n) is 11.9. The van der Waals surface area contributed by atoms with E-state index in [1.54, 1.807) is 0 Å². The molecule has 0 aliphatic heterocycles. The number of furan rings is 1. The Morgan fingerprint density at radius 2 is 1.07 bits per heavy atom. The minimum Gasteiger partial charge on any atom is -0.455 e. The molecule has 1 heterocycles. The minimum atomic E-state index is 0.405. The second-order valence-corrected chi connectivity index (χ2v) is 11.9. The molecule has 0 saturated carbocycles. The third-order valence-electron chi connectivity index (χ3n) is 9.42. The average Bonchev–Trinajstić information content (AvgIpc) is 3.51. The predicted molar refractivity (Wildman–Crippen MR) is 191 cm³/mol. The first-order valence-electron chi connectivity index (χ1n) is 15.7. The number of benzene rings is 7. The van der Waals surface area contributed by atoms with Crippen molar-refractivity contribution < 1.29 is 4.42 Å². The summed E-state index contributed by atoms with van der Waals surface area (Å²) in [7, 11) is 0. The molecule has 1 aliphatic rings. The van der Waals surface area contributed by atoms with Crippen molar-refractivity contribution in [2.75, 3.05) is 0 Å². The largest absolute Gasteiger partial charge is 0.455 e. The van der Waals surface area contributed by atoms with Gasteiger partial charge in [-0.25, -0.2) is 0 Å². The highest BCUT2D eigenvalue weighted by atomic mass is 16.3. The first kappa shape index (κ1) is 25.8. The molecule has 0 saturated heterocycles. The summed E-state index contributed by atoms with van der Waals surface area (Å²) < 4.78 is 6.82. The molecule has 0 spiro atoms. The number of allylic oxidation sites excluding steroid dienone is 4. The molecule has 1 nitrogen and oxygen atoms in total. The number of para-hydroxylation sites is 1. The van der Waals surface area contributed by atoms with Crippen molar-refractivity contribution in [3.63, 3.8) is 0 Å². The molecule has 0 bridgehead atoms. The Labute approximate surface area is 262 Å². The number of hydrogen-bond donors (Lipinski definition) is 0. The van der Waals surface area contributed by atoms with Crippen LogP contribution in [0.4, 0.5) is 0 Å². The molecule has 1 unspecified atom stereocenters. The molecule has 1 aliphatic carbocycles. The molecule has 7 aromatic carbocycles. The van der Waals surface area contributed by atoms with Gasteiger partial charge in [-0.15, -0.1) is 0 Å². The molecule has 0 fully saturated rings. The van der Waals surface area contributed by atoms with Crippen molar-refractivity contribution in [1.29, 1.82) is 0 Å². The Kier molecular flexibility index (Phi) is 6.02. The highest BCUT2D eigenvalue weighted by molar-refractivity contribution is 6.24. The molecule has 0 N–H and O–H groups in total. The Morgan fingerprint density at radius 1 is 0.489 bits per heavy atom. The van der Waals surface area contributed by atoms with Gasteiger partial charge in [-0.2, -0.15) is 0 Å². The van der Waals surface area contributed by atoms with E-state index in [2.05, 4.69) is 164 Å². The van der Waals surface area contributed by atoms with E-state index < -0.39 is 0 Å². The van der Waals surface area contributed by atoms with Gasteiger partial charge in [-0.1, -0.05) is 158 Å². The quantitative estimate of drug-likeness (QED) is 0.191. The highest BCUT2D eigenvalue weighted by Crippen LogP contribution is 2.47. The Balaban J connectivity index is 1.27. The smallest absolute Gasteiger partial charge is 0.143 e. The van der Waals surface area contributed by atoms with E-state index in [0.29, 0.717) is 5.92 Å². The summed E-state index contributed by atoms with van der Waals surface area (Å²) in [4.78, 5) is 0. The van der Waals surface area contributed by atoms with E-state index in [1.165, 1.54) is 60.3 Å². The fraction of sp³-hybridized carbons (Fsp3) is 0.0455. The van der Waals surface area contributed by atoms with Crippen LogP contribution in [-0.4, -0.2) is 0 Å². The van der Waals surface area contributed by atoms with Gasteiger partial charge in [0, 0.05) is 27.8 Å². The lowest BCUT2D eigenvalue weighted by Crippen LogP contribution is -1.98. The van der Waals surface area contributed by atoms with Gasteiger partial charge in [0.05, 0.1) is 0 Å². The summed E-state index contributed by atoms with van der Waals surface area (Å²) in [5.41, 5.74) is 10.5. The predicted octanol–water partition coefficient (Wildman–Crippen LogP) is 12.4. The lowest BCUT2D eigenvalue weighted by molar-refractivity contribution is 0.670. The molecule has 45 heavy (non-hydrogen) atoms. The van der Waals surface area contributed by atoms with E-state index in [-0.39, 0.29) is 0 Å². The first-order valence-corrected chi connectivity index (χ1v) is 15.7. The molecule has 1 heteroatoms. The molecular weight excluding hydrogens is 544 g/mol. The van der Waals surface area contributed by atoms with Gasteiger partial charge >= 0.3 is 0 Å². The van der Waals surface area contributed by atoms with Crippen molar-refractivity contribution in [2.24, 2.45) is 0 Å². The highest BCUT2D eigenvalue weighted by Gasteiger charge is 2.22. The maximum atomic E-state index is 6.82. The van der Waals surface area contributed by atoms with Crippen LogP contribution >= 0.6 is 0 Å². The molecule has 212 valence electrons. The zero-order valence-electron chi connectivity index (χ0n) is 24.8. The molecule has 9 rings (SSSR count). The maximum Gasteiger partial charge on any atom is 0.143 e. The van der Waals surface area contributed by atoms with Crippen molar-refractivity contribution >= 4 is 49.1 Å².